The average molecular weight is 464 g/mol. The highest BCUT2D eigenvalue weighted by Crippen LogP contribution is 2.31. The van der Waals surface area contributed by atoms with E-state index in [9.17, 15) is 14.9 Å². The third kappa shape index (κ3) is 4.16. The van der Waals surface area contributed by atoms with Crippen LogP contribution in [0.3, 0.4) is 0 Å². The fraction of sp³-hybridized carbons (Fsp3) is 0.0833. The SMILES string of the molecule is COc1cc2nc(/C=C/c3ccccc3Cl)n(-c3ccccc3[N+](=O)[O-])c(=O)c2cc1OC. The van der Waals surface area contributed by atoms with Gasteiger partial charge in [-0.2, -0.15) is 0 Å². The lowest BCUT2D eigenvalue weighted by atomic mass is 10.1. The first-order chi connectivity index (χ1) is 15.9. The van der Waals surface area contributed by atoms with E-state index in [2.05, 4.69) is 4.98 Å². The molecule has 1 aromatic heterocycles. The normalized spacial score (nSPS) is 11.1. The lowest BCUT2D eigenvalue weighted by Gasteiger charge is -2.14. The summed E-state index contributed by atoms with van der Waals surface area (Å²) in [4.78, 5) is 29.4. The van der Waals surface area contributed by atoms with Crippen LogP contribution >= 0.6 is 11.6 Å². The van der Waals surface area contributed by atoms with E-state index in [0.29, 0.717) is 27.6 Å². The number of para-hydroxylation sites is 2. The number of nitro benzene ring substituents is 1. The number of benzene rings is 3. The van der Waals surface area contributed by atoms with Gasteiger partial charge in [-0.05, 0) is 35.9 Å². The molecule has 0 atom stereocenters. The number of halogens is 1. The molecule has 0 spiro atoms. The molecule has 0 unspecified atom stereocenters. The van der Waals surface area contributed by atoms with Crippen molar-refractivity contribution in [1.82, 2.24) is 9.55 Å². The maximum Gasteiger partial charge on any atom is 0.293 e. The van der Waals surface area contributed by atoms with E-state index in [1.54, 1.807) is 42.5 Å². The number of nitrogens with zero attached hydrogens (tertiary/aromatic N) is 3. The molecule has 0 N–H and O–H groups in total. The second-order valence-electron chi connectivity index (χ2n) is 6.94. The van der Waals surface area contributed by atoms with Gasteiger partial charge in [0.15, 0.2) is 11.5 Å². The summed E-state index contributed by atoms with van der Waals surface area (Å²) in [5.74, 6) is 0.938. The number of aromatic nitrogens is 2. The maximum atomic E-state index is 13.6. The maximum absolute atomic E-state index is 13.6. The van der Waals surface area contributed by atoms with Crippen molar-refractivity contribution in [3.63, 3.8) is 0 Å². The summed E-state index contributed by atoms with van der Waals surface area (Å²) >= 11 is 6.25. The predicted molar refractivity (Wildman–Crippen MR) is 127 cm³/mol. The number of ether oxygens (including phenoxy) is 2. The van der Waals surface area contributed by atoms with Gasteiger partial charge >= 0.3 is 0 Å². The first-order valence-corrected chi connectivity index (χ1v) is 10.2. The molecule has 4 aromatic rings. The van der Waals surface area contributed by atoms with Crippen molar-refractivity contribution in [2.45, 2.75) is 0 Å². The van der Waals surface area contributed by atoms with E-state index in [0.717, 1.165) is 0 Å². The Hall–Kier alpha value is -4.17. The largest absolute Gasteiger partial charge is 0.493 e. The van der Waals surface area contributed by atoms with Crippen molar-refractivity contribution in [3.8, 4) is 17.2 Å². The Morgan fingerprint density at radius 2 is 1.67 bits per heavy atom. The molecule has 1 heterocycles. The molecule has 0 saturated heterocycles. The quantitative estimate of drug-likeness (QED) is 0.290. The van der Waals surface area contributed by atoms with Gasteiger partial charge in [0.05, 0.1) is 30.0 Å². The summed E-state index contributed by atoms with van der Waals surface area (Å²) in [6, 6.07) is 16.3. The van der Waals surface area contributed by atoms with Crippen molar-refractivity contribution >= 4 is 40.3 Å². The summed E-state index contributed by atoms with van der Waals surface area (Å²) in [5.41, 5.74) is 0.430. The van der Waals surface area contributed by atoms with Gasteiger partial charge in [-0.3, -0.25) is 19.5 Å². The first kappa shape index (κ1) is 22.0. The van der Waals surface area contributed by atoms with Gasteiger partial charge < -0.3 is 9.47 Å². The Morgan fingerprint density at radius 3 is 2.36 bits per heavy atom. The smallest absolute Gasteiger partial charge is 0.293 e. The number of methoxy groups -OCH3 is 2. The number of fused-ring (bicyclic) bond motifs is 1. The van der Waals surface area contributed by atoms with E-state index in [1.807, 2.05) is 6.07 Å². The van der Waals surface area contributed by atoms with Gasteiger partial charge in [-0.25, -0.2) is 4.98 Å². The minimum Gasteiger partial charge on any atom is -0.493 e. The number of hydrogen-bond donors (Lipinski definition) is 0. The minimum absolute atomic E-state index is 0.0930. The number of hydrogen-bond acceptors (Lipinski definition) is 6. The van der Waals surface area contributed by atoms with Crippen LogP contribution in [0.15, 0.2) is 65.5 Å². The molecule has 0 fully saturated rings. The summed E-state index contributed by atoms with van der Waals surface area (Å²) in [6.07, 6.45) is 3.29. The highest BCUT2D eigenvalue weighted by atomic mass is 35.5. The molecule has 8 nitrogen and oxygen atoms in total. The van der Waals surface area contributed by atoms with Crippen LogP contribution in [0.25, 0.3) is 28.7 Å². The highest BCUT2D eigenvalue weighted by Gasteiger charge is 2.21. The third-order valence-corrected chi connectivity index (χ3v) is 5.38. The molecule has 0 radical (unpaired) electrons. The Kier molecular flexibility index (Phi) is 6.10. The molecule has 0 bridgehead atoms. The van der Waals surface area contributed by atoms with Crippen LogP contribution < -0.4 is 15.0 Å². The molecule has 4 rings (SSSR count). The second kappa shape index (κ2) is 9.13. The summed E-state index contributed by atoms with van der Waals surface area (Å²) in [6.45, 7) is 0. The zero-order chi connectivity index (χ0) is 23.5. The van der Waals surface area contributed by atoms with Gasteiger partial charge in [-0.15, -0.1) is 0 Å². The first-order valence-electron chi connectivity index (χ1n) is 9.79. The monoisotopic (exact) mass is 463 g/mol. The zero-order valence-electron chi connectivity index (χ0n) is 17.7. The fourth-order valence-electron chi connectivity index (χ4n) is 3.46. The molecular weight excluding hydrogens is 446 g/mol. The van der Waals surface area contributed by atoms with Crippen molar-refractivity contribution in [1.29, 1.82) is 0 Å². The van der Waals surface area contributed by atoms with Crippen molar-refractivity contribution in [2.75, 3.05) is 14.2 Å². The van der Waals surface area contributed by atoms with E-state index in [1.165, 1.54) is 43.1 Å². The Balaban J connectivity index is 2.06. The molecule has 3 aromatic carbocycles. The molecule has 9 heteroatoms. The van der Waals surface area contributed by atoms with Gasteiger partial charge in [0.1, 0.15) is 11.5 Å². The van der Waals surface area contributed by atoms with Gasteiger partial charge in [-0.1, -0.05) is 41.9 Å². The standard InChI is InChI=1S/C24H18ClN3O5/c1-32-21-13-16-18(14-22(21)33-2)26-23(12-11-15-7-3-4-8-17(15)25)27(24(16)29)19-9-5-6-10-20(19)28(30)31/h3-14H,1-2H3/b12-11+. The molecule has 0 aliphatic carbocycles. The van der Waals surface area contributed by atoms with Crippen molar-refractivity contribution in [2.24, 2.45) is 0 Å². The summed E-state index contributed by atoms with van der Waals surface area (Å²) in [5, 5.41) is 12.4. The van der Waals surface area contributed by atoms with E-state index in [4.69, 9.17) is 21.1 Å². The van der Waals surface area contributed by atoms with Gasteiger partial charge in [0.2, 0.25) is 0 Å². The minimum atomic E-state index is -0.540. The molecule has 33 heavy (non-hydrogen) atoms. The third-order valence-electron chi connectivity index (χ3n) is 5.04. The zero-order valence-corrected chi connectivity index (χ0v) is 18.4. The molecule has 0 aliphatic rings. The highest BCUT2D eigenvalue weighted by molar-refractivity contribution is 6.32. The molecule has 0 aliphatic heterocycles. The summed E-state index contributed by atoms with van der Waals surface area (Å²) in [7, 11) is 2.94. The van der Waals surface area contributed by atoms with Crippen LogP contribution in [0.5, 0.6) is 11.5 Å². The van der Waals surface area contributed by atoms with E-state index >= 15 is 0 Å². The Morgan fingerprint density at radius 1 is 1.00 bits per heavy atom. The van der Waals surface area contributed by atoms with Crippen LogP contribution in [-0.2, 0) is 0 Å². The predicted octanol–water partition coefficient (Wildman–Crippen LogP) is 5.13. The number of nitro groups is 1. The molecule has 0 amide bonds. The molecular formula is C24H18ClN3O5. The van der Waals surface area contributed by atoms with Crippen LogP contribution in [0.1, 0.15) is 11.4 Å². The average Bonchev–Trinajstić information content (AvgIpc) is 2.82. The van der Waals surface area contributed by atoms with Crippen LogP contribution in [0.2, 0.25) is 5.02 Å². The fourth-order valence-corrected chi connectivity index (χ4v) is 3.66. The van der Waals surface area contributed by atoms with Crippen LogP contribution in [0, 0.1) is 10.1 Å². The molecule has 166 valence electrons. The van der Waals surface area contributed by atoms with Crippen LogP contribution in [-0.4, -0.2) is 28.7 Å². The lowest BCUT2D eigenvalue weighted by Crippen LogP contribution is -2.23. The van der Waals surface area contributed by atoms with Crippen molar-refractivity contribution < 1.29 is 14.4 Å². The second-order valence-corrected chi connectivity index (χ2v) is 7.34. The van der Waals surface area contributed by atoms with Crippen molar-refractivity contribution in [3.05, 3.63) is 97.5 Å². The van der Waals surface area contributed by atoms with Gasteiger partial charge in [0, 0.05) is 17.2 Å². The van der Waals surface area contributed by atoms with E-state index in [-0.39, 0.29) is 22.6 Å². The topological polar surface area (TPSA) is 96.5 Å². The Labute approximate surface area is 193 Å². The van der Waals surface area contributed by atoms with Gasteiger partial charge in [0.25, 0.3) is 11.2 Å². The molecule has 0 saturated carbocycles. The number of rotatable bonds is 6. The van der Waals surface area contributed by atoms with Crippen LogP contribution in [0.4, 0.5) is 5.69 Å². The Bertz CT molecular complexity index is 1460. The van der Waals surface area contributed by atoms with E-state index < -0.39 is 10.5 Å². The summed E-state index contributed by atoms with van der Waals surface area (Å²) < 4.78 is 11.9. The lowest BCUT2D eigenvalue weighted by molar-refractivity contribution is -0.384.